The van der Waals surface area contributed by atoms with Gasteiger partial charge in [-0.1, -0.05) is 18.2 Å². The summed E-state index contributed by atoms with van der Waals surface area (Å²) in [5.74, 6) is -0.0558. The lowest BCUT2D eigenvalue weighted by atomic mass is 10.1. The van der Waals surface area contributed by atoms with Crippen molar-refractivity contribution < 1.29 is 9.90 Å². The van der Waals surface area contributed by atoms with E-state index in [1.54, 1.807) is 60.7 Å². The summed E-state index contributed by atoms with van der Waals surface area (Å²) in [7, 11) is 0. The van der Waals surface area contributed by atoms with Crippen LogP contribution in [0.2, 0.25) is 0 Å². The number of phenolic OH excluding ortho intramolecular Hbond substituents is 1. The van der Waals surface area contributed by atoms with Crippen LogP contribution in [0.3, 0.4) is 0 Å². The first-order chi connectivity index (χ1) is 17.4. The molecule has 4 aromatic carbocycles. The fourth-order valence-electron chi connectivity index (χ4n) is 3.78. The summed E-state index contributed by atoms with van der Waals surface area (Å²) in [5.41, 5.74) is 1.58. The zero-order chi connectivity index (χ0) is 25.2. The number of aromatic hydroxyl groups is 1. The molecule has 5 rings (SSSR count). The Bertz CT molecular complexity index is 1740. The van der Waals surface area contributed by atoms with E-state index in [4.69, 9.17) is 5.26 Å². The van der Waals surface area contributed by atoms with Crippen LogP contribution in [0.5, 0.6) is 5.75 Å². The molecule has 0 fully saturated rings. The number of hydrogen-bond acceptors (Lipinski definition) is 8. The van der Waals surface area contributed by atoms with Crippen molar-refractivity contribution in [3.8, 4) is 11.8 Å². The molecule has 0 aliphatic rings. The van der Waals surface area contributed by atoms with E-state index in [1.807, 2.05) is 6.07 Å². The zero-order valence-electron chi connectivity index (χ0n) is 18.6. The normalized spacial score (nSPS) is 10.8. The van der Waals surface area contributed by atoms with Crippen molar-refractivity contribution in [3.63, 3.8) is 0 Å². The van der Waals surface area contributed by atoms with Gasteiger partial charge < -0.3 is 21.1 Å². The predicted octanol–water partition coefficient (Wildman–Crippen LogP) is 3.34. The molecule has 0 saturated heterocycles. The Labute approximate surface area is 203 Å². The number of hydrogen-bond donors (Lipinski definition) is 5. The van der Waals surface area contributed by atoms with Crippen LogP contribution in [0.1, 0.15) is 21.5 Å². The van der Waals surface area contributed by atoms with Crippen LogP contribution in [0.15, 0.2) is 76.3 Å². The Morgan fingerprint density at radius 2 is 1.81 bits per heavy atom. The second-order valence-corrected chi connectivity index (χ2v) is 8.04. The molecule has 36 heavy (non-hydrogen) atoms. The number of carbonyl (C=O) groups is 1. The number of aromatic nitrogens is 2. The molecule has 0 aliphatic heterocycles. The van der Waals surface area contributed by atoms with Crippen LogP contribution in [0, 0.1) is 11.3 Å². The van der Waals surface area contributed by atoms with Gasteiger partial charge in [-0.05, 0) is 54.1 Å². The number of aromatic amines is 1. The summed E-state index contributed by atoms with van der Waals surface area (Å²) in [5, 5.41) is 34.9. The quantitative estimate of drug-likeness (QED) is 0.223. The number of nitrogens with zero attached hydrogens (tertiary/aromatic N) is 2. The summed E-state index contributed by atoms with van der Waals surface area (Å²) in [4.78, 5) is 37.0. The monoisotopic (exact) mass is 478 g/mol. The number of phenols is 1. The van der Waals surface area contributed by atoms with Gasteiger partial charge in [0, 0.05) is 23.2 Å². The molecule has 0 radical (unpaired) electrons. The van der Waals surface area contributed by atoms with Crippen molar-refractivity contribution in [3.05, 3.63) is 104 Å². The molecule has 1 heterocycles. The molecule has 1 aromatic heterocycles. The van der Waals surface area contributed by atoms with Gasteiger partial charge in [-0.2, -0.15) is 10.4 Å². The van der Waals surface area contributed by atoms with E-state index in [0.717, 1.165) is 5.56 Å². The first-order valence-electron chi connectivity index (χ1n) is 10.8. The lowest BCUT2D eigenvalue weighted by Crippen LogP contribution is -2.36. The van der Waals surface area contributed by atoms with Crippen molar-refractivity contribution in [1.29, 1.82) is 5.26 Å². The maximum Gasteiger partial charge on any atom is 0.256 e. The van der Waals surface area contributed by atoms with Crippen LogP contribution in [0.25, 0.3) is 10.9 Å². The minimum absolute atomic E-state index is 0.103. The third-order valence-corrected chi connectivity index (χ3v) is 5.61. The van der Waals surface area contributed by atoms with Crippen molar-refractivity contribution in [2.45, 2.75) is 6.54 Å². The first kappa shape index (κ1) is 22.4. The summed E-state index contributed by atoms with van der Waals surface area (Å²) in [6.45, 7) is 0.248. The van der Waals surface area contributed by atoms with Gasteiger partial charge in [0.25, 0.3) is 16.8 Å². The SMILES string of the molecule is N#Cc1cccc(C(=O)Nc2n[nH]c3ccc(Nc4c(NCc5cccc(O)c5)c(=O)c4=O)cc23)c1. The molecule has 0 unspecified atom stereocenters. The fourth-order valence-corrected chi connectivity index (χ4v) is 3.78. The zero-order valence-corrected chi connectivity index (χ0v) is 18.6. The molecule has 176 valence electrons. The number of nitriles is 1. The third kappa shape index (κ3) is 4.24. The predicted molar refractivity (Wildman–Crippen MR) is 135 cm³/mol. The van der Waals surface area contributed by atoms with E-state index >= 15 is 0 Å². The molecular weight excluding hydrogens is 460 g/mol. The van der Waals surface area contributed by atoms with Gasteiger partial charge >= 0.3 is 0 Å². The number of nitrogens with one attached hydrogen (secondary N) is 4. The van der Waals surface area contributed by atoms with Gasteiger partial charge in [-0.3, -0.25) is 19.5 Å². The Morgan fingerprint density at radius 3 is 2.61 bits per heavy atom. The molecule has 1 amide bonds. The standard InChI is InChI=1S/C26H18N6O4/c27-12-14-3-1-5-16(9-14)26(36)30-25-19-11-17(7-8-20(19)31-32-25)29-22-21(23(34)24(22)35)28-13-15-4-2-6-18(33)10-15/h1-11,28-29,33H,13H2,(H2,30,31,32,36). The lowest BCUT2D eigenvalue weighted by molar-refractivity contribution is 0.102. The number of H-pyrrole nitrogens is 1. The smallest absolute Gasteiger partial charge is 0.256 e. The maximum absolute atomic E-state index is 12.7. The third-order valence-electron chi connectivity index (χ3n) is 5.61. The number of carbonyl (C=O) groups excluding carboxylic acids is 1. The molecule has 0 spiro atoms. The van der Waals surface area contributed by atoms with Crippen molar-refractivity contribution in [2.24, 2.45) is 0 Å². The van der Waals surface area contributed by atoms with Crippen molar-refractivity contribution >= 4 is 39.7 Å². The van der Waals surface area contributed by atoms with Gasteiger partial charge in [0.15, 0.2) is 5.82 Å². The number of rotatable bonds is 7. The Morgan fingerprint density at radius 1 is 1.00 bits per heavy atom. The highest BCUT2D eigenvalue weighted by Crippen LogP contribution is 2.28. The second kappa shape index (κ2) is 9.08. The van der Waals surface area contributed by atoms with E-state index in [1.165, 1.54) is 6.07 Å². The van der Waals surface area contributed by atoms with Crippen LogP contribution in [-0.4, -0.2) is 21.2 Å². The highest BCUT2D eigenvalue weighted by molar-refractivity contribution is 6.08. The highest BCUT2D eigenvalue weighted by Gasteiger charge is 2.21. The highest BCUT2D eigenvalue weighted by atomic mass is 16.3. The summed E-state index contributed by atoms with van der Waals surface area (Å²) >= 11 is 0. The number of anilines is 4. The molecule has 0 saturated carbocycles. The van der Waals surface area contributed by atoms with E-state index in [9.17, 15) is 19.5 Å². The van der Waals surface area contributed by atoms with Crippen molar-refractivity contribution in [2.75, 3.05) is 16.0 Å². The molecule has 0 aliphatic carbocycles. The van der Waals surface area contributed by atoms with Crippen molar-refractivity contribution in [1.82, 2.24) is 10.2 Å². The number of benzene rings is 3. The van der Waals surface area contributed by atoms with E-state index in [-0.39, 0.29) is 29.5 Å². The summed E-state index contributed by atoms with van der Waals surface area (Å²) in [6.07, 6.45) is 0. The van der Waals surface area contributed by atoms with E-state index in [0.29, 0.717) is 27.7 Å². The lowest BCUT2D eigenvalue weighted by Gasteiger charge is -2.15. The molecule has 5 N–H and O–H groups in total. The Kier molecular flexibility index (Phi) is 5.64. The van der Waals surface area contributed by atoms with Crippen LogP contribution in [-0.2, 0) is 6.54 Å². The average Bonchev–Trinajstić information content (AvgIpc) is 3.29. The summed E-state index contributed by atoms with van der Waals surface area (Å²) in [6, 6.07) is 20.0. The minimum atomic E-state index is -0.647. The number of fused-ring (bicyclic) bond motifs is 1. The number of amides is 1. The topological polar surface area (TPSA) is 160 Å². The maximum atomic E-state index is 12.7. The van der Waals surface area contributed by atoms with Crippen LogP contribution >= 0.6 is 0 Å². The van der Waals surface area contributed by atoms with Gasteiger partial charge in [0.2, 0.25) is 0 Å². The second-order valence-electron chi connectivity index (χ2n) is 8.04. The van der Waals surface area contributed by atoms with E-state index < -0.39 is 16.8 Å². The molecule has 0 bridgehead atoms. The largest absolute Gasteiger partial charge is 0.508 e. The molecule has 5 aromatic rings. The van der Waals surface area contributed by atoms with Gasteiger partial charge in [-0.15, -0.1) is 0 Å². The average molecular weight is 478 g/mol. The van der Waals surface area contributed by atoms with Crippen LogP contribution < -0.4 is 26.8 Å². The fraction of sp³-hybridized carbons (Fsp3) is 0.0385. The molecule has 10 heteroatoms. The first-order valence-corrected chi connectivity index (χ1v) is 10.8. The van der Waals surface area contributed by atoms with Crippen LogP contribution in [0.4, 0.5) is 22.9 Å². The van der Waals surface area contributed by atoms with E-state index in [2.05, 4.69) is 26.1 Å². The Hall–Kier alpha value is -5.43. The minimum Gasteiger partial charge on any atom is -0.508 e. The Balaban J connectivity index is 1.36. The van der Waals surface area contributed by atoms with Gasteiger partial charge in [0.1, 0.15) is 17.1 Å². The molecular formula is C26H18N6O4. The molecule has 10 nitrogen and oxygen atoms in total. The molecule has 0 atom stereocenters. The van der Waals surface area contributed by atoms with Gasteiger partial charge in [0.05, 0.1) is 17.1 Å². The van der Waals surface area contributed by atoms with Gasteiger partial charge in [-0.25, -0.2) is 0 Å². The summed E-state index contributed by atoms with van der Waals surface area (Å²) < 4.78 is 0.